The predicted octanol–water partition coefficient (Wildman–Crippen LogP) is 9.10. The second-order valence-electron chi connectivity index (χ2n) is 9.73. The van der Waals surface area contributed by atoms with Crippen LogP contribution in [0.1, 0.15) is 77.2 Å². The minimum Gasteiger partial charge on any atom is -0.490 e. The second-order valence-corrected chi connectivity index (χ2v) is 9.73. The summed E-state index contributed by atoms with van der Waals surface area (Å²) in [5.41, 5.74) is 0.538. The number of hydrogen-bond donors (Lipinski definition) is 0. The Balaban J connectivity index is 1.55. The molecular weight excluding hydrogens is 440 g/mol. The van der Waals surface area contributed by atoms with E-state index in [0.29, 0.717) is 18.3 Å². The summed E-state index contributed by atoms with van der Waals surface area (Å²) in [6.45, 7) is 4.43. The largest absolute Gasteiger partial charge is 0.490 e. The number of hydrogen-bond acceptors (Lipinski definition) is 1. The van der Waals surface area contributed by atoms with Gasteiger partial charge < -0.3 is 4.74 Å². The van der Waals surface area contributed by atoms with Crippen LogP contribution < -0.4 is 4.74 Å². The molecule has 0 heterocycles. The zero-order valence-electron chi connectivity index (χ0n) is 20.1. The van der Waals surface area contributed by atoms with Crippen LogP contribution in [-0.2, 0) is 0 Å². The SMILES string of the molecule is CCCCCC1CCC2C(c3ccc(-c4ccc(OCCCC)c(F)c4F)c(F)c3F)=CCC12. The van der Waals surface area contributed by atoms with Crippen LogP contribution in [0.5, 0.6) is 5.75 Å². The number of fused-ring (bicyclic) bond motifs is 1. The van der Waals surface area contributed by atoms with Gasteiger partial charge in [0, 0.05) is 16.7 Å². The molecule has 0 spiro atoms. The lowest BCUT2D eigenvalue weighted by Gasteiger charge is -2.20. The van der Waals surface area contributed by atoms with Gasteiger partial charge in [0.1, 0.15) is 0 Å². The quantitative estimate of drug-likeness (QED) is 0.246. The van der Waals surface area contributed by atoms with Crippen molar-refractivity contribution in [1.82, 2.24) is 0 Å². The Morgan fingerprint density at radius 3 is 2.15 bits per heavy atom. The molecule has 2 aromatic rings. The van der Waals surface area contributed by atoms with Crippen LogP contribution >= 0.6 is 0 Å². The van der Waals surface area contributed by atoms with Crippen molar-refractivity contribution < 1.29 is 22.3 Å². The van der Waals surface area contributed by atoms with Crippen LogP contribution in [0.2, 0.25) is 0 Å². The number of halogens is 4. The molecule has 0 aliphatic heterocycles. The molecule has 1 fully saturated rings. The van der Waals surface area contributed by atoms with Crippen LogP contribution in [0.3, 0.4) is 0 Å². The third kappa shape index (κ3) is 4.76. The first-order valence-electron chi connectivity index (χ1n) is 12.8. The molecule has 0 amide bonds. The van der Waals surface area contributed by atoms with Gasteiger partial charge in [-0.3, -0.25) is 0 Å². The van der Waals surface area contributed by atoms with E-state index in [1.54, 1.807) is 0 Å². The van der Waals surface area contributed by atoms with Crippen molar-refractivity contribution in [2.24, 2.45) is 17.8 Å². The molecule has 2 aliphatic carbocycles. The van der Waals surface area contributed by atoms with E-state index in [9.17, 15) is 8.78 Å². The van der Waals surface area contributed by atoms with E-state index in [1.165, 1.54) is 49.9 Å². The first-order valence-corrected chi connectivity index (χ1v) is 12.8. The molecule has 4 rings (SSSR count). The van der Waals surface area contributed by atoms with E-state index in [1.807, 2.05) is 6.92 Å². The van der Waals surface area contributed by atoms with Crippen LogP contribution in [0, 0.1) is 41.0 Å². The van der Waals surface area contributed by atoms with E-state index in [-0.39, 0.29) is 35.0 Å². The van der Waals surface area contributed by atoms with Gasteiger partial charge in [0.15, 0.2) is 23.2 Å². The molecule has 3 atom stereocenters. The lowest BCUT2D eigenvalue weighted by atomic mass is 9.84. The number of rotatable bonds is 10. The summed E-state index contributed by atoms with van der Waals surface area (Å²) in [5.74, 6) is -3.36. The smallest absolute Gasteiger partial charge is 0.201 e. The molecule has 34 heavy (non-hydrogen) atoms. The highest BCUT2D eigenvalue weighted by Gasteiger charge is 2.41. The molecule has 184 valence electrons. The standard InChI is InChI=1S/C29H34F4O/c1-3-5-7-8-18-9-10-20-19(18)11-12-21(20)22-13-14-23(27(31)26(22)30)24-15-16-25(29(33)28(24)32)34-17-6-4-2/h12-16,18-20H,3-11,17H2,1-2H3. The van der Waals surface area contributed by atoms with Gasteiger partial charge in [-0.25, -0.2) is 13.2 Å². The second kappa shape index (κ2) is 11.0. The van der Waals surface area contributed by atoms with Gasteiger partial charge in [-0.2, -0.15) is 4.39 Å². The number of ether oxygens (including phenoxy) is 1. The highest BCUT2D eigenvalue weighted by molar-refractivity contribution is 5.74. The topological polar surface area (TPSA) is 9.23 Å². The fraction of sp³-hybridized carbons (Fsp3) is 0.517. The third-order valence-corrected chi connectivity index (χ3v) is 7.64. The fourth-order valence-electron chi connectivity index (χ4n) is 5.79. The summed E-state index contributed by atoms with van der Waals surface area (Å²) >= 11 is 0. The van der Waals surface area contributed by atoms with Gasteiger partial charge in [-0.1, -0.05) is 64.2 Å². The normalized spacial score (nSPS) is 21.6. The first kappa shape index (κ1) is 24.8. The summed E-state index contributed by atoms with van der Waals surface area (Å²) in [5, 5.41) is 0. The molecule has 2 aromatic carbocycles. The molecule has 3 unspecified atom stereocenters. The highest BCUT2D eigenvalue weighted by Crippen LogP contribution is 2.53. The van der Waals surface area contributed by atoms with E-state index in [0.717, 1.165) is 31.3 Å². The average Bonchev–Trinajstić information content (AvgIpc) is 3.42. The van der Waals surface area contributed by atoms with Crippen LogP contribution in [0.25, 0.3) is 16.7 Å². The Labute approximate surface area is 200 Å². The Bertz CT molecular complexity index is 1040. The maximum Gasteiger partial charge on any atom is 0.201 e. The van der Waals surface area contributed by atoms with Crippen molar-refractivity contribution in [3.63, 3.8) is 0 Å². The maximum atomic E-state index is 15.3. The van der Waals surface area contributed by atoms with E-state index >= 15 is 8.78 Å². The number of benzene rings is 2. The number of unbranched alkanes of at least 4 members (excludes halogenated alkanes) is 3. The van der Waals surface area contributed by atoms with Crippen LogP contribution in [-0.4, -0.2) is 6.61 Å². The van der Waals surface area contributed by atoms with Gasteiger partial charge in [0.05, 0.1) is 6.61 Å². The van der Waals surface area contributed by atoms with Crippen molar-refractivity contribution in [3.8, 4) is 16.9 Å². The van der Waals surface area contributed by atoms with Crippen molar-refractivity contribution in [1.29, 1.82) is 0 Å². The Kier molecular flexibility index (Phi) is 8.00. The molecule has 0 saturated heterocycles. The van der Waals surface area contributed by atoms with Gasteiger partial charge >= 0.3 is 0 Å². The monoisotopic (exact) mass is 474 g/mol. The molecule has 5 heteroatoms. The van der Waals surface area contributed by atoms with E-state index in [4.69, 9.17) is 4.74 Å². The zero-order chi connectivity index (χ0) is 24.2. The van der Waals surface area contributed by atoms with Gasteiger partial charge in [-0.05, 0) is 61.1 Å². The van der Waals surface area contributed by atoms with Crippen molar-refractivity contribution in [2.75, 3.05) is 6.61 Å². The van der Waals surface area contributed by atoms with Crippen LogP contribution in [0.4, 0.5) is 17.6 Å². The molecule has 0 aromatic heterocycles. The van der Waals surface area contributed by atoms with Crippen LogP contribution in [0.15, 0.2) is 30.3 Å². The summed E-state index contributed by atoms with van der Waals surface area (Å²) in [6, 6.07) is 5.41. The van der Waals surface area contributed by atoms with E-state index < -0.39 is 23.3 Å². The van der Waals surface area contributed by atoms with E-state index in [2.05, 4.69) is 13.0 Å². The zero-order valence-corrected chi connectivity index (χ0v) is 20.1. The summed E-state index contributed by atoms with van der Waals surface area (Å²) < 4.78 is 65.0. The minimum absolute atomic E-state index is 0.218. The third-order valence-electron chi connectivity index (χ3n) is 7.64. The molecule has 2 aliphatic rings. The predicted molar refractivity (Wildman–Crippen MR) is 129 cm³/mol. The van der Waals surface area contributed by atoms with Gasteiger partial charge in [0.2, 0.25) is 5.82 Å². The average molecular weight is 475 g/mol. The summed E-state index contributed by atoms with van der Waals surface area (Å²) in [7, 11) is 0. The van der Waals surface area contributed by atoms with Gasteiger partial charge in [-0.15, -0.1) is 0 Å². The maximum absolute atomic E-state index is 15.3. The molecule has 0 radical (unpaired) electrons. The first-order chi connectivity index (χ1) is 16.5. The van der Waals surface area contributed by atoms with Crippen molar-refractivity contribution in [3.05, 3.63) is 59.2 Å². The molecule has 1 saturated carbocycles. The highest BCUT2D eigenvalue weighted by atomic mass is 19.2. The van der Waals surface area contributed by atoms with Crippen molar-refractivity contribution >= 4 is 5.57 Å². The molecule has 1 nitrogen and oxygen atoms in total. The lowest BCUT2D eigenvalue weighted by molar-refractivity contribution is 0.289. The fourth-order valence-corrected chi connectivity index (χ4v) is 5.79. The Morgan fingerprint density at radius 1 is 0.765 bits per heavy atom. The molecule has 0 bridgehead atoms. The summed E-state index contributed by atoms with van der Waals surface area (Å²) in [6.07, 6.45) is 11.5. The lowest BCUT2D eigenvalue weighted by Crippen LogP contribution is -2.12. The van der Waals surface area contributed by atoms with Gasteiger partial charge in [0.25, 0.3) is 0 Å². The molecular formula is C29H34F4O. The van der Waals surface area contributed by atoms with Crippen molar-refractivity contribution in [2.45, 2.75) is 71.6 Å². The Morgan fingerprint density at radius 2 is 1.41 bits per heavy atom. The Hall–Kier alpha value is -2.30. The molecule has 0 N–H and O–H groups in total. The minimum atomic E-state index is -1.23. The number of allylic oxidation sites excluding steroid dienone is 2. The summed E-state index contributed by atoms with van der Waals surface area (Å²) in [4.78, 5) is 0.